The number of benzene rings is 1. The van der Waals surface area contributed by atoms with Crippen molar-refractivity contribution in [1.29, 1.82) is 0 Å². The molecule has 1 heterocycles. The molecule has 1 N–H and O–H groups in total. The molecular formula is C12H13F2NO2. The zero-order valence-electron chi connectivity index (χ0n) is 9.20. The Morgan fingerprint density at radius 1 is 1.47 bits per heavy atom. The van der Waals surface area contributed by atoms with E-state index in [1.807, 2.05) is 0 Å². The molecule has 0 saturated carbocycles. The minimum atomic E-state index is -0.884. The largest absolute Gasteiger partial charge is 0.480 e. The first kappa shape index (κ1) is 12.0. The molecule has 5 heteroatoms. The summed E-state index contributed by atoms with van der Waals surface area (Å²) in [4.78, 5) is 12.7. The quantitative estimate of drug-likeness (QED) is 0.880. The van der Waals surface area contributed by atoms with Crippen LogP contribution in [0.25, 0.3) is 0 Å². The van der Waals surface area contributed by atoms with Crippen LogP contribution in [0.1, 0.15) is 18.4 Å². The minimum Gasteiger partial charge on any atom is -0.480 e. The summed E-state index contributed by atoms with van der Waals surface area (Å²) in [5, 5.41) is 8.98. The molecule has 1 aliphatic rings. The van der Waals surface area contributed by atoms with Gasteiger partial charge in [-0.15, -0.1) is 0 Å². The van der Waals surface area contributed by atoms with Crippen molar-refractivity contribution in [3.63, 3.8) is 0 Å². The van der Waals surface area contributed by atoms with Gasteiger partial charge < -0.3 is 5.11 Å². The molecule has 17 heavy (non-hydrogen) atoms. The first-order valence-corrected chi connectivity index (χ1v) is 5.48. The average Bonchev–Trinajstić information content (AvgIpc) is 2.70. The average molecular weight is 241 g/mol. The van der Waals surface area contributed by atoms with Gasteiger partial charge in [-0.05, 0) is 25.5 Å². The number of likely N-dealkylation sites (tertiary alicyclic amines) is 1. The maximum atomic E-state index is 13.4. The minimum absolute atomic E-state index is 0.211. The predicted octanol–water partition coefficient (Wildman–Crippen LogP) is 2.01. The van der Waals surface area contributed by atoms with Gasteiger partial charge in [0, 0.05) is 18.2 Å². The fraction of sp³-hybridized carbons (Fsp3) is 0.417. The smallest absolute Gasteiger partial charge is 0.320 e. The summed E-state index contributed by atoms with van der Waals surface area (Å²) in [5.41, 5.74) is 0.333. The number of carboxylic acids is 1. The third-order valence-corrected chi connectivity index (χ3v) is 3.04. The van der Waals surface area contributed by atoms with E-state index in [-0.39, 0.29) is 6.54 Å². The molecule has 0 aliphatic carbocycles. The molecular weight excluding hydrogens is 228 g/mol. The number of carboxylic acid groups (broad SMARTS) is 1. The first-order chi connectivity index (χ1) is 8.08. The molecule has 0 bridgehead atoms. The van der Waals surface area contributed by atoms with Crippen molar-refractivity contribution in [2.24, 2.45) is 0 Å². The normalized spacial score (nSPS) is 20.7. The van der Waals surface area contributed by atoms with E-state index in [1.54, 1.807) is 4.90 Å². The topological polar surface area (TPSA) is 40.5 Å². The second kappa shape index (κ2) is 4.79. The zero-order valence-corrected chi connectivity index (χ0v) is 9.20. The Morgan fingerprint density at radius 2 is 2.24 bits per heavy atom. The van der Waals surface area contributed by atoms with Crippen LogP contribution in [0.15, 0.2) is 18.2 Å². The molecule has 3 nitrogen and oxygen atoms in total. The second-order valence-electron chi connectivity index (χ2n) is 4.20. The molecule has 1 unspecified atom stereocenters. The van der Waals surface area contributed by atoms with Crippen molar-refractivity contribution in [2.45, 2.75) is 25.4 Å². The number of aliphatic carboxylic acids is 1. The summed E-state index contributed by atoms with van der Waals surface area (Å²) in [7, 11) is 0. The molecule has 0 radical (unpaired) electrons. The fourth-order valence-corrected chi connectivity index (χ4v) is 2.16. The van der Waals surface area contributed by atoms with Gasteiger partial charge in [0.05, 0.1) is 0 Å². The Hall–Kier alpha value is -1.49. The Labute approximate surface area is 97.7 Å². The molecule has 2 rings (SSSR count). The number of halogens is 2. The van der Waals surface area contributed by atoms with Gasteiger partial charge in [-0.25, -0.2) is 8.78 Å². The Balaban J connectivity index is 2.12. The standard InChI is InChI=1S/C12H13F2NO2/c13-9-4-3-8(10(14)6-9)7-15-5-1-2-11(15)12(16)17/h3-4,6,11H,1-2,5,7H2,(H,16,17). The monoisotopic (exact) mass is 241 g/mol. The lowest BCUT2D eigenvalue weighted by atomic mass is 10.1. The highest BCUT2D eigenvalue weighted by Gasteiger charge is 2.30. The van der Waals surface area contributed by atoms with E-state index < -0.39 is 23.6 Å². The van der Waals surface area contributed by atoms with Crippen LogP contribution in [0.4, 0.5) is 8.78 Å². The fourth-order valence-electron chi connectivity index (χ4n) is 2.16. The van der Waals surface area contributed by atoms with Crippen molar-refractivity contribution < 1.29 is 18.7 Å². The van der Waals surface area contributed by atoms with Gasteiger partial charge in [0.15, 0.2) is 0 Å². The van der Waals surface area contributed by atoms with Crippen molar-refractivity contribution in [2.75, 3.05) is 6.54 Å². The maximum Gasteiger partial charge on any atom is 0.320 e. The van der Waals surface area contributed by atoms with Crippen LogP contribution in [-0.2, 0) is 11.3 Å². The summed E-state index contributed by atoms with van der Waals surface area (Å²) in [6, 6.07) is 2.81. The van der Waals surface area contributed by atoms with E-state index in [0.29, 0.717) is 18.5 Å². The van der Waals surface area contributed by atoms with Crippen molar-refractivity contribution in [3.05, 3.63) is 35.4 Å². The van der Waals surface area contributed by atoms with Gasteiger partial charge in [-0.3, -0.25) is 9.69 Å². The van der Waals surface area contributed by atoms with E-state index in [1.165, 1.54) is 12.1 Å². The van der Waals surface area contributed by atoms with Crippen LogP contribution in [0.3, 0.4) is 0 Å². The molecule has 1 aliphatic heterocycles. The summed E-state index contributed by atoms with van der Waals surface area (Å²) < 4.78 is 26.1. The number of hydrogen-bond donors (Lipinski definition) is 1. The summed E-state index contributed by atoms with van der Waals surface area (Å²) >= 11 is 0. The molecule has 1 aromatic carbocycles. The number of rotatable bonds is 3. The lowest BCUT2D eigenvalue weighted by Crippen LogP contribution is -2.35. The lowest BCUT2D eigenvalue weighted by Gasteiger charge is -2.21. The Bertz CT molecular complexity index is 437. The van der Waals surface area contributed by atoms with Gasteiger partial charge in [0.1, 0.15) is 17.7 Å². The molecule has 1 saturated heterocycles. The molecule has 0 aromatic heterocycles. The highest BCUT2D eigenvalue weighted by atomic mass is 19.1. The van der Waals surface area contributed by atoms with Crippen LogP contribution in [-0.4, -0.2) is 28.6 Å². The SMILES string of the molecule is O=C(O)C1CCCN1Cc1ccc(F)cc1F. The van der Waals surface area contributed by atoms with E-state index in [0.717, 1.165) is 12.5 Å². The van der Waals surface area contributed by atoms with E-state index in [4.69, 9.17) is 5.11 Å². The molecule has 1 atom stereocenters. The summed E-state index contributed by atoms with van der Waals surface area (Å²) in [6.07, 6.45) is 1.37. The third kappa shape index (κ3) is 2.61. The van der Waals surface area contributed by atoms with Crippen molar-refractivity contribution in [1.82, 2.24) is 4.90 Å². The van der Waals surface area contributed by atoms with Crippen LogP contribution < -0.4 is 0 Å². The van der Waals surface area contributed by atoms with Gasteiger partial charge in [0.25, 0.3) is 0 Å². The summed E-state index contributed by atoms with van der Waals surface area (Å²) in [6.45, 7) is 0.844. The van der Waals surface area contributed by atoms with Gasteiger partial charge >= 0.3 is 5.97 Å². The van der Waals surface area contributed by atoms with E-state index >= 15 is 0 Å². The van der Waals surface area contributed by atoms with Gasteiger partial charge in [-0.2, -0.15) is 0 Å². The number of hydrogen-bond acceptors (Lipinski definition) is 2. The zero-order chi connectivity index (χ0) is 12.4. The molecule has 1 fully saturated rings. The molecule has 1 aromatic rings. The Kier molecular flexibility index (Phi) is 3.38. The highest BCUT2D eigenvalue weighted by Crippen LogP contribution is 2.21. The van der Waals surface area contributed by atoms with Crippen molar-refractivity contribution in [3.8, 4) is 0 Å². The number of nitrogens with zero attached hydrogens (tertiary/aromatic N) is 1. The predicted molar refractivity (Wildman–Crippen MR) is 57.4 cm³/mol. The lowest BCUT2D eigenvalue weighted by molar-refractivity contribution is -0.142. The highest BCUT2D eigenvalue weighted by molar-refractivity contribution is 5.73. The summed E-state index contributed by atoms with van der Waals surface area (Å²) in [5.74, 6) is -2.13. The van der Waals surface area contributed by atoms with Crippen LogP contribution in [0.2, 0.25) is 0 Å². The molecule has 92 valence electrons. The van der Waals surface area contributed by atoms with E-state index in [9.17, 15) is 13.6 Å². The van der Waals surface area contributed by atoms with Gasteiger partial charge in [-0.1, -0.05) is 6.07 Å². The van der Waals surface area contributed by atoms with E-state index in [2.05, 4.69) is 0 Å². The second-order valence-corrected chi connectivity index (χ2v) is 4.20. The molecule has 0 spiro atoms. The van der Waals surface area contributed by atoms with Gasteiger partial charge in [0.2, 0.25) is 0 Å². The first-order valence-electron chi connectivity index (χ1n) is 5.48. The van der Waals surface area contributed by atoms with Crippen molar-refractivity contribution >= 4 is 5.97 Å². The van der Waals surface area contributed by atoms with Crippen LogP contribution >= 0.6 is 0 Å². The maximum absolute atomic E-state index is 13.4. The Morgan fingerprint density at radius 3 is 2.88 bits per heavy atom. The van der Waals surface area contributed by atoms with Crippen LogP contribution in [0.5, 0.6) is 0 Å². The third-order valence-electron chi connectivity index (χ3n) is 3.04. The molecule has 0 amide bonds. The number of carbonyl (C=O) groups is 1. The van der Waals surface area contributed by atoms with Crippen LogP contribution in [0, 0.1) is 11.6 Å².